The van der Waals surface area contributed by atoms with Gasteiger partial charge in [0.15, 0.2) is 11.6 Å². The van der Waals surface area contributed by atoms with E-state index in [0.717, 1.165) is 25.9 Å². The summed E-state index contributed by atoms with van der Waals surface area (Å²) in [5.74, 6) is 0.0434. The van der Waals surface area contributed by atoms with Crippen LogP contribution in [0.15, 0.2) is 24.4 Å². The zero-order chi connectivity index (χ0) is 10.8. The Morgan fingerprint density at radius 3 is 2.67 bits per heavy atom. The largest absolute Gasteiger partial charge is 0.354 e. The minimum absolute atomic E-state index is 0.331. The lowest BCUT2D eigenvalue weighted by Crippen LogP contribution is -2.31. The third kappa shape index (κ3) is 2.29. The van der Waals surface area contributed by atoms with Crippen molar-refractivity contribution in [1.82, 2.24) is 4.98 Å². The van der Waals surface area contributed by atoms with E-state index in [1.807, 2.05) is 4.90 Å². The number of aromatic nitrogens is 1. The highest BCUT2D eigenvalue weighted by molar-refractivity contribution is 6.30. The molecule has 1 aliphatic heterocycles. The standard InChI is InChI=1S/C11H12ClFN2/c1-8-2-4-15(5-3-8)11-10(13)6-9(12)7-14-11/h6-7H,1-5H2. The Hall–Kier alpha value is -1.09. The van der Waals surface area contributed by atoms with Crippen molar-refractivity contribution in [3.05, 3.63) is 35.3 Å². The fourth-order valence-corrected chi connectivity index (χ4v) is 1.82. The zero-order valence-corrected chi connectivity index (χ0v) is 9.10. The maximum absolute atomic E-state index is 13.5. The van der Waals surface area contributed by atoms with Crippen LogP contribution in [0.4, 0.5) is 10.2 Å². The van der Waals surface area contributed by atoms with Gasteiger partial charge in [0.25, 0.3) is 0 Å². The molecule has 2 nitrogen and oxygen atoms in total. The highest BCUT2D eigenvalue weighted by Crippen LogP contribution is 2.24. The van der Waals surface area contributed by atoms with Gasteiger partial charge in [-0.3, -0.25) is 0 Å². The van der Waals surface area contributed by atoms with Crippen molar-refractivity contribution in [3.8, 4) is 0 Å². The summed E-state index contributed by atoms with van der Waals surface area (Å²) in [6, 6.07) is 1.30. The molecular weight excluding hydrogens is 215 g/mol. The second kappa shape index (κ2) is 4.19. The molecule has 1 aliphatic rings. The van der Waals surface area contributed by atoms with Crippen LogP contribution in [-0.2, 0) is 0 Å². The summed E-state index contributed by atoms with van der Waals surface area (Å²) < 4.78 is 13.5. The molecule has 0 aliphatic carbocycles. The van der Waals surface area contributed by atoms with Crippen molar-refractivity contribution in [2.24, 2.45) is 0 Å². The zero-order valence-electron chi connectivity index (χ0n) is 8.34. The van der Waals surface area contributed by atoms with E-state index in [1.165, 1.54) is 17.8 Å². The molecule has 0 bridgehead atoms. The predicted octanol–water partition coefficient (Wildman–Crippen LogP) is 3.03. The molecule has 80 valence electrons. The van der Waals surface area contributed by atoms with Gasteiger partial charge in [0.05, 0.1) is 5.02 Å². The van der Waals surface area contributed by atoms with Crippen LogP contribution in [0, 0.1) is 5.82 Å². The average Bonchev–Trinajstić information content (AvgIpc) is 2.20. The quantitative estimate of drug-likeness (QED) is 0.685. The second-order valence-electron chi connectivity index (χ2n) is 3.70. The summed E-state index contributed by atoms with van der Waals surface area (Å²) in [6.45, 7) is 5.48. The summed E-state index contributed by atoms with van der Waals surface area (Å²) in [6.07, 6.45) is 3.29. The number of hydrogen-bond donors (Lipinski definition) is 0. The van der Waals surface area contributed by atoms with Gasteiger partial charge >= 0.3 is 0 Å². The van der Waals surface area contributed by atoms with Crippen molar-refractivity contribution in [3.63, 3.8) is 0 Å². The lowest BCUT2D eigenvalue weighted by molar-refractivity contribution is 0.595. The molecule has 1 fully saturated rings. The van der Waals surface area contributed by atoms with Crippen molar-refractivity contribution in [2.45, 2.75) is 12.8 Å². The van der Waals surface area contributed by atoms with E-state index in [1.54, 1.807) is 0 Å². The van der Waals surface area contributed by atoms with E-state index >= 15 is 0 Å². The van der Waals surface area contributed by atoms with Gasteiger partial charge in [0, 0.05) is 19.3 Å². The Kier molecular flexibility index (Phi) is 2.91. The minimum Gasteiger partial charge on any atom is -0.354 e. The van der Waals surface area contributed by atoms with Crippen LogP contribution < -0.4 is 4.90 Å². The predicted molar refractivity (Wildman–Crippen MR) is 59.8 cm³/mol. The number of piperidine rings is 1. The summed E-state index contributed by atoms with van der Waals surface area (Å²) in [7, 11) is 0. The molecule has 0 atom stereocenters. The van der Waals surface area contributed by atoms with E-state index in [0.29, 0.717) is 10.8 Å². The molecule has 0 spiro atoms. The van der Waals surface area contributed by atoms with E-state index in [2.05, 4.69) is 11.6 Å². The van der Waals surface area contributed by atoms with Gasteiger partial charge in [-0.15, -0.1) is 0 Å². The third-order valence-electron chi connectivity index (χ3n) is 2.56. The van der Waals surface area contributed by atoms with Gasteiger partial charge in [-0.25, -0.2) is 9.37 Å². The molecule has 4 heteroatoms. The first-order valence-corrected chi connectivity index (χ1v) is 5.27. The molecule has 0 N–H and O–H groups in total. The van der Waals surface area contributed by atoms with Crippen LogP contribution in [-0.4, -0.2) is 18.1 Å². The van der Waals surface area contributed by atoms with Gasteiger partial charge in [-0.05, 0) is 18.9 Å². The maximum Gasteiger partial charge on any atom is 0.167 e. The Morgan fingerprint density at radius 1 is 1.40 bits per heavy atom. The molecule has 0 aromatic carbocycles. The Balaban J connectivity index is 2.19. The molecule has 2 heterocycles. The smallest absolute Gasteiger partial charge is 0.167 e. The normalized spacial score (nSPS) is 16.9. The van der Waals surface area contributed by atoms with Crippen molar-refractivity contribution in [2.75, 3.05) is 18.0 Å². The Labute approximate surface area is 93.4 Å². The topological polar surface area (TPSA) is 16.1 Å². The summed E-state index contributed by atoms with van der Waals surface area (Å²) in [4.78, 5) is 5.95. The molecular formula is C11H12ClFN2. The number of rotatable bonds is 1. The molecule has 15 heavy (non-hydrogen) atoms. The lowest BCUT2D eigenvalue weighted by Gasteiger charge is -2.29. The van der Waals surface area contributed by atoms with Crippen LogP contribution in [0.25, 0.3) is 0 Å². The maximum atomic E-state index is 13.5. The summed E-state index contributed by atoms with van der Waals surface area (Å²) in [5, 5.41) is 0.331. The van der Waals surface area contributed by atoms with Crippen LogP contribution in [0.2, 0.25) is 5.02 Å². The number of halogens is 2. The van der Waals surface area contributed by atoms with Crippen LogP contribution in [0.1, 0.15) is 12.8 Å². The summed E-state index contributed by atoms with van der Waals surface area (Å²) >= 11 is 5.64. The van der Waals surface area contributed by atoms with Crippen LogP contribution in [0.5, 0.6) is 0 Å². The van der Waals surface area contributed by atoms with Gasteiger partial charge < -0.3 is 4.90 Å². The Bertz CT molecular complexity index is 382. The van der Waals surface area contributed by atoms with Crippen molar-refractivity contribution >= 4 is 17.4 Å². The van der Waals surface area contributed by atoms with Crippen molar-refractivity contribution < 1.29 is 4.39 Å². The minimum atomic E-state index is -0.352. The SMILES string of the molecule is C=C1CCN(c2ncc(Cl)cc2F)CC1. The number of hydrogen-bond acceptors (Lipinski definition) is 2. The highest BCUT2D eigenvalue weighted by Gasteiger charge is 2.17. The molecule has 1 aromatic heterocycles. The van der Waals surface area contributed by atoms with Gasteiger partial charge in [0.1, 0.15) is 0 Å². The first kappa shape index (κ1) is 10.4. The highest BCUT2D eigenvalue weighted by atomic mass is 35.5. The fraction of sp³-hybridized carbons (Fsp3) is 0.364. The average molecular weight is 227 g/mol. The monoisotopic (exact) mass is 226 g/mol. The number of pyridine rings is 1. The van der Waals surface area contributed by atoms with Crippen molar-refractivity contribution in [1.29, 1.82) is 0 Å². The van der Waals surface area contributed by atoms with Gasteiger partial charge in [-0.2, -0.15) is 0 Å². The second-order valence-corrected chi connectivity index (χ2v) is 4.13. The molecule has 2 rings (SSSR count). The molecule has 1 saturated heterocycles. The fourth-order valence-electron chi connectivity index (χ4n) is 1.67. The third-order valence-corrected chi connectivity index (χ3v) is 2.77. The lowest BCUT2D eigenvalue weighted by atomic mass is 10.1. The molecule has 1 aromatic rings. The number of nitrogens with zero attached hydrogens (tertiary/aromatic N) is 2. The summed E-state index contributed by atoms with van der Waals surface area (Å²) in [5.41, 5.74) is 1.22. The van der Waals surface area contributed by atoms with Gasteiger partial charge in [0.2, 0.25) is 0 Å². The van der Waals surface area contributed by atoms with Crippen LogP contribution in [0.3, 0.4) is 0 Å². The van der Waals surface area contributed by atoms with E-state index in [4.69, 9.17) is 11.6 Å². The molecule has 0 radical (unpaired) electrons. The van der Waals surface area contributed by atoms with Gasteiger partial charge in [-0.1, -0.05) is 23.8 Å². The first-order chi connectivity index (χ1) is 7.16. The first-order valence-electron chi connectivity index (χ1n) is 4.89. The van der Waals surface area contributed by atoms with Crippen LogP contribution >= 0.6 is 11.6 Å². The van der Waals surface area contributed by atoms with E-state index in [9.17, 15) is 4.39 Å². The molecule has 0 saturated carbocycles. The number of anilines is 1. The van der Waals surface area contributed by atoms with E-state index < -0.39 is 0 Å². The van der Waals surface area contributed by atoms with E-state index in [-0.39, 0.29) is 5.82 Å². The Morgan fingerprint density at radius 2 is 2.07 bits per heavy atom. The molecule has 0 unspecified atom stereocenters. The molecule has 0 amide bonds.